The molecule has 0 saturated carbocycles. The highest BCUT2D eigenvalue weighted by molar-refractivity contribution is 6.10. The fourth-order valence-electron chi connectivity index (χ4n) is 3.56. The quantitative estimate of drug-likeness (QED) is 0.695. The molecule has 5 nitrogen and oxygen atoms in total. The van der Waals surface area contributed by atoms with Gasteiger partial charge in [0.05, 0.1) is 12.6 Å². The molecule has 26 heavy (non-hydrogen) atoms. The Bertz CT molecular complexity index is 977. The summed E-state index contributed by atoms with van der Waals surface area (Å²) in [4.78, 5) is 17.6. The molecule has 2 aromatic carbocycles. The van der Waals surface area contributed by atoms with Crippen LogP contribution in [0.3, 0.4) is 0 Å². The van der Waals surface area contributed by atoms with E-state index in [1.165, 1.54) is 0 Å². The maximum atomic E-state index is 13.2. The Morgan fingerprint density at radius 3 is 2.81 bits per heavy atom. The number of aryl methyl sites for hydroxylation is 1. The van der Waals surface area contributed by atoms with Gasteiger partial charge in [-0.25, -0.2) is 0 Å². The van der Waals surface area contributed by atoms with Gasteiger partial charge in [-0.15, -0.1) is 0 Å². The van der Waals surface area contributed by atoms with Crippen molar-refractivity contribution in [3.8, 4) is 11.5 Å². The lowest BCUT2D eigenvalue weighted by Crippen LogP contribution is -3.12. The SMILES string of the molecule is Cc1[nH]c2ccccc2c1C(=O)[C@@H](C)[NH+](C)Cc1ccc2c(c1)OCO2. The molecule has 134 valence electrons. The van der Waals surface area contributed by atoms with Crippen molar-refractivity contribution in [2.24, 2.45) is 0 Å². The minimum atomic E-state index is -0.154. The van der Waals surface area contributed by atoms with E-state index in [-0.39, 0.29) is 18.6 Å². The van der Waals surface area contributed by atoms with Crippen LogP contribution in [0.1, 0.15) is 28.5 Å². The van der Waals surface area contributed by atoms with Gasteiger partial charge in [0.15, 0.2) is 11.5 Å². The largest absolute Gasteiger partial charge is 0.454 e. The monoisotopic (exact) mass is 351 g/mol. The Labute approximate surface area is 152 Å². The maximum absolute atomic E-state index is 13.2. The molecule has 0 amide bonds. The van der Waals surface area contributed by atoms with E-state index in [0.717, 1.165) is 50.7 Å². The number of hydrogen-bond acceptors (Lipinski definition) is 3. The van der Waals surface area contributed by atoms with Crippen LogP contribution >= 0.6 is 0 Å². The van der Waals surface area contributed by atoms with Crippen LogP contribution in [0.4, 0.5) is 0 Å². The van der Waals surface area contributed by atoms with Crippen molar-refractivity contribution >= 4 is 16.7 Å². The summed E-state index contributed by atoms with van der Waals surface area (Å²) in [5.41, 5.74) is 3.87. The number of Topliss-reactive ketones (excluding diaryl/α,β-unsaturated/α-hetero) is 1. The van der Waals surface area contributed by atoms with Gasteiger partial charge in [-0.2, -0.15) is 0 Å². The van der Waals surface area contributed by atoms with Crippen LogP contribution in [0.5, 0.6) is 11.5 Å². The van der Waals surface area contributed by atoms with Crippen molar-refractivity contribution in [1.29, 1.82) is 0 Å². The highest BCUT2D eigenvalue weighted by Crippen LogP contribution is 2.32. The van der Waals surface area contributed by atoms with Crippen LogP contribution in [0.15, 0.2) is 42.5 Å². The Morgan fingerprint density at radius 2 is 1.96 bits per heavy atom. The third-order valence-electron chi connectivity index (χ3n) is 5.19. The topological polar surface area (TPSA) is 55.8 Å². The van der Waals surface area contributed by atoms with Crippen LogP contribution in [0, 0.1) is 6.92 Å². The average Bonchev–Trinajstić information content (AvgIpc) is 3.23. The number of quaternary nitrogens is 1. The van der Waals surface area contributed by atoms with Gasteiger partial charge in [-0.1, -0.05) is 18.2 Å². The third kappa shape index (κ3) is 2.84. The molecule has 1 aromatic heterocycles. The number of likely N-dealkylation sites (N-methyl/N-ethyl adjacent to an activating group) is 1. The number of fused-ring (bicyclic) bond motifs is 2. The molecule has 0 saturated heterocycles. The molecule has 5 heteroatoms. The molecule has 1 aliphatic rings. The van der Waals surface area contributed by atoms with Crippen molar-refractivity contribution in [2.45, 2.75) is 26.4 Å². The number of ether oxygens (including phenoxy) is 2. The van der Waals surface area contributed by atoms with Crippen molar-refractivity contribution in [3.63, 3.8) is 0 Å². The van der Waals surface area contributed by atoms with Crippen LogP contribution in [0.2, 0.25) is 0 Å². The zero-order valence-electron chi connectivity index (χ0n) is 15.3. The number of carbonyl (C=O) groups is 1. The van der Waals surface area contributed by atoms with Crippen LogP contribution in [-0.2, 0) is 6.54 Å². The minimum absolute atomic E-state index is 0.154. The van der Waals surface area contributed by atoms with E-state index in [2.05, 4.69) is 12.0 Å². The van der Waals surface area contributed by atoms with E-state index < -0.39 is 0 Å². The summed E-state index contributed by atoms with van der Waals surface area (Å²) in [7, 11) is 2.05. The molecule has 2 heterocycles. The fourth-order valence-corrected chi connectivity index (χ4v) is 3.56. The number of rotatable bonds is 5. The second-order valence-corrected chi connectivity index (χ2v) is 6.97. The summed E-state index contributed by atoms with van der Waals surface area (Å²) in [6, 6.07) is 13.8. The number of benzene rings is 2. The van der Waals surface area contributed by atoms with Gasteiger partial charge in [0.1, 0.15) is 12.6 Å². The zero-order valence-corrected chi connectivity index (χ0v) is 15.3. The van der Waals surface area contributed by atoms with Gasteiger partial charge in [0, 0.05) is 22.2 Å². The second kappa shape index (κ2) is 6.50. The average molecular weight is 351 g/mol. The van der Waals surface area contributed by atoms with E-state index in [4.69, 9.17) is 9.47 Å². The maximum Gasteiger partial charge on any atom is 0.231 e. The Balaban J connectivity index is 1.55. The molecule has 3 aromatic rings. The normalized spacial score (nSPS) is 15.2. The Hall–Kier alpha value is -2.79. The molecule has 2 atom stereocenters. The molecule has 0 aliphatic carbocycles. The summed E-state index contributed by atoms with van der Waals surface area (Å²) in [6.07, 6.45) is 0. The molecule has 1 unspecified atom stereocenters. The highest BCUT2D eigenvalue weighted by Gasteiger charge is 2.27. The Morgan fingerprint density at radius 1 is 1.19 bits per heavy atom. The van der Waals surface area contributed by atoms with Crippen molar-refractivity contribution < 1.29 is 19.2 Å². The first-order valence-electron chi connectivity index (χ1n) is 8.87. The number of para-hydroxylation sites is 1. The van der Waals surface area contributed by atoms with E-state index in [0.29, 0.717) is 0 Å². The zero-order chi connectivity index (χ0) is 18.3. The molecule has 2 N–H and O–H groups in total. The van der Waals surface area contributed by atoms with Crippen LogP contribution in [-0.4, -0.2) is 30.6 Å². The third-order valence-corrected chi connectivity index (χ3v) is 5.19. The summed E-state index contributed by atoms with van der Waals surface area (Å²) in [5, 5.41) is 0.998. The summed E-state index contributed by atoms with van der Waals surface area (Å²) in [6.45, 7) is 4.97. The first-order chi connectivity index (χ1) is 12.5. The molecule has 1 aliphatic heterocycles. The smallest absolute Gasteiger partial charge is 0.231 e. The molecule has 4 rings (SSSR count). The van der Waals surface area contributed by atoms with Gasteiger partial charge < -0.3 is 19.4 Å². The van der Waals surface area contributed by atoms with Crippen molar-refractivity contribution in [2.75, 3.05) is 13.8 Å². The van der Waals surface area contributed by atoms with Gasteiger partial charge in [-0.3, -0.25) is 4.79 Å². The predicted molar refractivity (Wildman–Crippen MR) is 100.0 cm³/mol. The van der Waals surface area contributed by atoms with E-state index in [1.807, 2.05) is 56.3 Å². The molecule has 0 spiro atoms. The van der Waals surface area contributed by atoms with Gasteiger partial charge in [0.2, 0.25) is 12.6 Å². The van der Waals surface area contributed by atoms with Crippen LogP contribution < -0.4 is 14.4 Å². The molecular weight excluding hydrogens is 328 g/mol. The lowest BCUT2D eigenvalue weighted by molar-refractivity contribution is -0.907. The summed E-state index contributed by atoms with van der Waals surface area (Å²) < 4.78 is 10.8. The number of aromatic nitrogens is 1. The summed E-state index contributed by atoms with van der Waals surface area (Å²) in [5.74, 6) is 1.73. The molecule has 0 bridgehead atoms. The second-order valence-electron chi connectivity index (χ2n) is 6.97. The highest BCUT2D eigenvalue weighted by atomic mass is 16.7. The minimum Gasteiger partial charge on any atom is -0.454 e. The Kier molecular flexibility index (Phi) is 4.17. The van der Waals surface area contributed by atoms with Crippen molar-refractivity contribution in [1.82, 2.24) is 4.98 Å². The van der Waals surface area contributed by atoms with Gasteiger partial charge in [-0.05, 0) is 38.1 Å². The number of carbonyl (C=O) groups excluding carboxylic acids is 1. The number of H-pyrrole nitrogens is 1. The number of nitrogens with one attached hydrogen (secondary N) is 2. The predicted octanol–water partition coefficient (Wildman–Crippen LogP) is 2.49. The fraction of sp³-hybridized carbons (Fsp3) is 0.286. The van der Waals surface area contributed by atoms with E-state index in [9.17, 15) is 4.79 Å². The molecular formula is C21H23N2O3+. The number of hydrogen-bond donors (Lipinski definition) is 2. The lowest BCUT2D eigenvalue weighted by Gasteiger charge is -2.21. The number of ketones is 1. The van der Waals surface area contributed by atoms with E-state index in [1.54, 1.807) is 0 Å². The first-order valence-corrected chi connectivity index (χ1v) is 8.87. The van der Waals surface area contributed by atoms with Gasteiger partial charge >= 0.3 is 0 Å². The standard InChI is InChI=1S/C21H22N2O3/c1-13-20(16-6-4-5-7-17(16)22-13)21(24)14(2)23(3)11-15-8-9-18-19(10-15)26-12-25-18/h4-10,14,22H,11-12H2,1-3H3/p+1/t14-/m1/s1. The van der Waals surface area contributed by atoms with Crippen molar-refractivity contribution in [3.05, 3.63) is 59.3 Å². The first kappa shape index (κ1) is 16.7. The molecule has 0 fully saturated rings. The van der Waals surface area contributed by atoms with E-state index >= 15 is 0 Å². The lowest BCUT2D eigenvalue weighted by atomic mass is 10.0. The van der Waals surface area contributed by atoms with Crippen LogP contribution in [0.25, 0.3) is 10.9 Å². The number of aromatic amines is 1. The molecule has 0 radical (unpaired) electrons. The summed E-state index contributed by atoms with van der Waals surface area (Å²) >= 11 is 0. The van der Waals surface area contributed by atoms with Gasteiger partial charge in [0.25, 0.3) is 0 Å².